The zero-order chi connectivity index (χ0) is 20.7. The van der Waals surface area contributed by atoms with Crippen LogP contribution in [-0.4, -0.2) is 47.2 Å². The average Bonchev–Trinajstić information content (AvgIpc) is 2.64. The molecule has 1 aromatic carbocycles. The van der Waals surface area contributed by atoms with Crippen molar-refractivity contribution in [1.82, 2.24) is 15.3 Å². The SMILES string of the molecule is COc1cc(Cc2cnc(N)nc2N)cc(OCCC(=O)NCC(=O)O)c1Br. The van der Waals surface area contributed by atoms with E-state index in [0.29, 0.717) is 28.0 Å². The number of carboxylic acid groups (broad SMARTS) is 1. The molecule has 0 saturated carbocycles. The third-order valence-electron chi connectivity index (χ3n) is 3.62. The van der Waals surface area contributed by atoms with Gasteiger partial charge in [-0.3, -0.25) is 9.59 Å². The maximum atomic E-state index is 11.6. The van der Waals surface area contributed by atoms with Gasteiger partial charge in [-0.05, 0) is 33.6 Å². The van der Waals surface area contributed by atoms with E-state index in [1.165, 1.54) is 7.11 Å². The molecule has 0 fully saturated rings. The van der Waals surface area contributed by atoms with Crippen molar-refractivity contribution in [3.05, 3.63) is 33.9 Å². The van der Waals surface area contributed by atoms with E-state index in [9.17, 15) is 9.59 Å². The Hall–Kier alpha value is -3.08. The molecule has 1 amide bonds. The van der Waals surface area contributed by atoms with Crippen LogP contribution in [0.15, 0.2) is 22.8 Å². The van der Waals surface area contributed by atoms with Crippen molar-refractivity contribution in [3.8, 4) is 11.5 Å². The highest BCUT2D eigenvalue weighted by Gasteiger charge is 2.13. The summed E-state index contributed by atoms with van der Waals surface area (Å²) < 4.78 is 11.6. The number of nitrogen functional groups attached to an aromatic ring is 2. The number of amides is 1. The number of hydrogen-bond acceptors (Lipinski definition) is 8. The van der Waals surface area contributed by atoms with Gasteiger partial charge in [-0.25, -0.2) is 4.98 Å². The molecule has 150 valence electrons. The van der Waals surface area contributed by atoms with E-state index >= 15 is 0 Å². The van der Waals surface area contributed by atoms with Crippen LogP contribution in [0.2, 0.25) is 0 Å². The summed E-state index contributed by atoms with van der Waals surface area (Å²) in [6.07, 6.45) is 1.98. The zero-order valence-corrected chi connectivity index (χ0v) is 16.7. The van der Waals surface area contributed by atoms with Gasteiger partial charge in [0.05, 0.1) is 20.1 Å². The highest BCUT2D eigenvalue weighted by Crippen LogP contribution is 2.36. The van der Waals surface area contributed by atoms with Crippen LogP contribution in [-0.2, 0) is 16.0 Å². The largest absolute Gasteiger partial charge is 0.495 e. The van der Waals surface area contributed by atoms with Gasteiger partial charge < -0.3 is 31.4 Å². The Morgan fingerprint density at radius 2 is 2.00 bits per heavy atom. The number of carboxylic acids is 1. The Balaban J connectivity index is 2.10. The Bertz CT molecular complexity index is 877. The molecule has 1 heterocycles. The van der Waals surface area contributed by atoms with Gasteiger partial charge in [0.15, 0.2) is 0 Å². The molecule has 0 atom stereocenters. The van der Waals surface area contributed by atoms with Crippen LogP contribution in [0.3, 0.4) is 0 Å². The van der Waals surface area contributed by atoms with Crippen molar-refractivity contribution in [1.29, 1.82) is 0 Å². The van der Waals surface area contributed by atoms with Crippen molar-refractivity contribution < 1.29 is 24.2 Å². The number of aliphatic carboxylic acids is 1. The molecule has 2 aromatic rings. The topological polar surface area (TPSA) is 163 Å². The normalized spacial score (nSPS) is 10.4. The van der Waals surface area contributed by atoms with Crippen LogP contribution in [0.5, 0.6) is 11.5 Å². The number of halogens is 1. The monoisotopic (exact) mass is 453 g/mol. The molecular formula is C17H20BrN5O5. The predicted octanol–water partition coefficient (Wildman–Crippen LogP) is 0.973. The number of nitrogens with one attached hydrogen (secondary N) is 1. The molecule has 11 heteroatoms. The van der Waals surface area contributed by atoms with Crippen molar-refractivity contribution >= 4 is 39.6 Å². The number of carbonyl (C=O) groups excluding carboxylic acids is 1. The predicted molar refractivity (Wildman–Crippen MR) is 105 cm³/mol. The molecule has 10 nitrogen and oxygen atoms in total. The molecule has 0 aliphatic rings. The summed E-state index contributed by atoms with van der Waals surface area (Å²) in [5, 5.41) is 10.8. The first kappa shape index (κ1) is 21.2. The van der Waals surface area contributed by atoms with E-state index in [4.69, 9.17) is 26.0 Å². The number of nitrogens with two attached hydrogens (primary N) is 2. The summed E-state index contributed by atoms with van der Waals surface area (Å²) in [4.78, 5) is 29.9. The van der Waals surface area contributed by atoms with Gasteiger partial charge in [0, 0.05) is 18.2 Å². The lowest BCUT2D eigenvalue weighted by Crippen LogP contribution is -2.30. The number of nitrogens with zero attached hydrogens (tertiary/aromatic N) is 2. The smallest absolute Gasteiger partial charge is 0.322 e. The molecule has 1 aromatic heterocycles. The van der Waals surface area contributed by atoms with Gasteiger partial charge in [-0.1, -0.05) is 0 Å². The molecule has 2 rings (SSSR count). The van der Waals surface area contributed by atoms with E-state index in [1.807, 2.05) is 6.07 Å². The molecule has 0 saturated heterocycles. The fraction of sp³-hybridized carbons (Fsp3) is 0.294. The first-order chi connectivity index (χ1) is 13.3. The lowest BCUT2D eigenvalue weighted by molar-refractivity contribution is -0.138. The molecule has 6 N–H and O–H groups in total. The minimum absolute atomic E-state index is 0.00497. The van der Waals surface area contributed by atoms with E-state index in [-0.39, 0.29) is 24.8 Å². The molecule has 0 spiro atoms. The first-order valence-corrected chi connectivity index (χ1v) is 8.94. The Kier molecular flexibility index (Phi) is 7.38. The summed E-state index contributed by atoms with van der Waals surface area (Å²) in [6.45, 7) is -0.374. The molecular weight excluding hydrogens is 434 g/mol. The van der Waals surface area contributed by atoms with Crippen LogP contribution < -0.4 is 26.3 Å². The van der Waals surface area contributed by atoms with Crippen molar-refractivity contribution in [2.75, 3.05) is 31.7 Å². The molecule has 0 bridgehead atoms. The number of carbonyl (C=O) groups is 2. The van der Waals surface area contributed by atoms with Crippen molar-refractivity contribution in [2.24, 2.45) is 0 Å². The molecule has 28 heavy (non-hydrogen) atoms. The van der Waals surface area contributed by atoms with Crippen LogP contribution in [0.1, 0.15) is 17.5 Å². The van der Waals surface area contributed by atoms with Crippen LogP contribution >= 0.6 is 15.9 Å². The summed E-state index contributed by atoms with van der Waals surface area (Å²) in [7, 11) is 1.52. The average molecular weight is 454 g/mol. The summed E-state index contributed by atoms with van der Waals surface area (Å²) >= 11 is 3.41. The minimum Gasteiger partial charge on any atom is -0.495 e. The number of anilines is 2. The number of hydrogen-bond donors (Lipinski definition) is 4. The lowest BCUT2D eigenvalue weighted by Gasteiger charge is -2.14. The van der Waals surface area contributed by atoms with Gasteiger partial charge in [-0.15, -0.1) is 0 Å². The molecule has 0 aliphatic heterocycles. The fourth-order valence-electron chi connectivity index (χ4n) is 2.29. The van der Waals surface area contributed by atoms with Gasteiger partial charge >= 0.3 is 5.97 Å². The summed E-state index contributed by atoms with van der Waals surface area (Å²) in [6, 6.07) is 3.59. The van der Waals surface area contributed by atoms with Gasteiger partial charge in [0.2, 0.25) is 11.9 Å². The maximum absolute atomic E-state index is 11.6. The second-order valence-corrected chi connectivity index (χ2v) is 6.49. The Morgan fingerprint density at radius 1 is 1.29 bits per heavy atom. The van der Waals surface area contributed by atoms with E-state index in [1.54, 1.807) is 12.3 Å². The molecule has 0 aliphatic carbocycles. The zero-order valence-electron chi connectivity index (χ0n) is 15.1. The van der Waals surface area contributed by atoms with Crippen LogP contribution in [0.4, 0.5) is 11.8 Å². The van der Waals surface area contributed by atoms with E-state index < -0.39 is 18.4 Å². The van der Waals surface area contributed by atoms with Gasteiger partial charge in [0.25, 0.3) is 0 Å². The van der Waals surface area contributed by atoms with Gasteiger partial charge in [0.1, 0.15) is 28.3 Å². The van der Waals surface area contributed by atoms with Crippen molar-refractivity contribution in [3.63, 3.8) is 0 Å². The summed E-state index contributed by atoms with van der Waals surface area (Å²) in [5.41, 5.74) is 12.9. The Labute approximate surface area is 169 Å². The standard InChI is InChI=1S/C17H20BrN5O5/c1-27-11-5-9(4-10-7-22-17(20)23-16(10)19)6-12(15(11)18)28-3-2-13(24)21-8-14(25)26/h5-7H,2-4,8H2,1H3,(H,21,24)(H,25,26)(H4,19,20,22,23). The third-order valence-corrected chi connectivity index (χ3v) is 4.40. The van der Waals surface area contributed by atoms with E-state index in [2.05, 4.69) is 31.2 Å². The highest BCUT2D eigenvalue weighted by molar-refractivity contribution is 9.10. The number of rotatable bonds is 9. The second-order valence-electron chi connectivity index (χ2n) is 5.69. The third kappa shape index (κ3) is 5.98. The molecule has 0 radical (unpaired) electrons. The lowest BCUT2D eigenvalue weighted by atomic mass is 10.1. The molecule has 0 unspecified atom stereocenters. The van der Waals surface area contributed by atoms with Crippen LogP contribution in [0, 0.1) is 0 Å². The number of ether oxygens (including phenoxy) is 2. The number of aromatic nitrogens is 2. The maximum Gasteiger partial charge on any atom is 0.322 e. The number of methoxy groups -OCH3 is 1. The number of benzene rings is 1. The summed E-state index contributed by atoms with van der Waals surface area (Å²) in [5.74, 6) is -0.145. The van der Waals surface area contributed by atoms with E-state index in [0.717, 1.165) is 5.56 Å². The first-order valence-electron chi connectivity index (χ1n) is 8.14. The van der Waals surface area contributed by atoms with Crippen molar-refractivity contribution in [2.45, 2.75) is 12.8 Å². The second kappa shape index (κ2) is 9.74. The van der Waals surface area contributed by atoms with Crippen LogP contribution in [0.25, 0.3) is 0 Å². The van der Waals surface area contributed by atoms with Gasteiger partial charge in [-0.2, -0.15) is 4.98 Å². The highest BCUT2D eigenvalue weighted by atomic mass is 79.9. The fourth-order valence-corrected chi connectivity index (χ4v) is 2.79. The quantitative estimate of drug-likeness (QED) is 0.432. The Morgan fingerprint density at radius 3 is 2.64 bits per heavy atom. The minimum atomic E-state index is -1.11.